The molecule has 1 aromatic rings. The summed E-state index contributed by atoms with van der Waals surface area (Å²) in [5.74, 6) is 0.482. The van der Waals surface area contributed by atoms with Crippen molar-refractivity contribution in [3.05, 3.63) is 33.3 Å². The molecule has 2 nitrogen and oxygen atoms in total. The largest absolute Gasteiger partial charge is 0.336 e. The second-order valence-corrected chi connectivity index (χ2v) is 6.34. The van der Waals surface area contributed by atoms with Crippen LogP contribution in [0.5, 0.6) is 0 Å². The molecule has 0 unspecified atom stereocenters. The van der Waals surface area contributed by atoms with Gasteiger partial charge in [-0.1, -0.05) is 25.4 Å². The van der Waals surface area contributed by atoms with Gasteiger partial charge in [0.2, 0.25) is 0 Å². The highest BCUT2D eigenvalue weighted by Crippen LogP contribution is 2.24. The number of benzene rings is 1. The standard InChI is InChI=1S/C14H19BrClNO/c1-9(2)8-17(10(3)4)14(18)11-5-6-12(15)13(16)7-11/h5-7,9-10H,8H2,1-4H3. The number of halogens is 2. The van der Waals surface area contributed by atoms with E-state index in [1.165, 1.54) is 0 Å². The molecule has 0 heterocycles. The summed E-state index contributed by atoms with van der Waals surface area (Å²) in [7, 11) is 0. The normalized spacial score (nSPS) is 11.1. The van der Waals surface area contributed by atoms with E-state index in [0.29, 0.717) is 16.5 Å². The van der Waals surface area contributed by atoms with E-state index in [1.807, 2.05) is 24.8 Å². The third-order valence-electron chi connectivity index (χ3n) is 2.61. The van der Waals surface area contributed by atoms with Crippen molar-refractivity contribution >= 4 is 33.4 Å². The van der Waals surface area contributed by atoms with Crippen molar-refractivity contribution < 1.29 is 4.79 Å². The van der Waals surface area contributed by atoms with Crippen LogP contribution in [0.3, 0.4) is 0 Å². The Labute approximate surface area is 122 Å². The second kappa shape index (κ2) is 6.58. The summed E-state index contributed by atoms with van der Waals surface area (Å²) in [5, 5.41) is 0.564. The van der Waals surface area contributed by atoms with E-state index in [1.54, 1.807) is 12.1 Å². The Morgan fingerprint density at radius 1 is 1.33 bits per heavy atom. The molecule has 18 heavy (non-hydrogen) atoms. The Kier molecular flexibility index (Phi) is 5.67. The van der Waals surface area contributed by atoms with E-state index in [-0.39, 0.29) is 11.9 Å². The van der Waals surface area contributed by atoms with Crippen molar-refractivity contribution in [2.45, 2.75) is 33.7 Å². The lowest BCUT2D eigenvalue weighted by molar-refractivity contribution is 0.0682. The van der Waals surface area contributed by atoms with E-state index in [0.717, 1.165) is 11.0 Å². The first-order chi connectivity index (χ1) is 8.32. The fourth-order valence-corrected chi connectivity index (χ4v) is 2.14. The summed E-state index contributed by atoms with van der Waals surface area (Å²) in [4.78, 5) is 14.3. The molecule has 0 N–H and O–H groups in total. The maximum Gasteiger partial charge on any atom is 0.254 e. The highest BCUT2D eigenvalue weighted by atomic mass is 79.9. The predicted molar refractivity (Wildman–Crippen MR) is 80.2 cm³/mol. The van der Waals surface area contributed by atoms with Crippen molar-refractivity contribution in [3.8, 4) is 0 Å². The Morgan fingerprint density at radius 2 is 1.94 bits per heavy atom. The maximum atomic E-state index is 12.4. The topological polar surface area (TPSA) is 20.3 Å². The molecule has 0 aliphatic carbocycles. The van der Waals surface area contributed by atoms with E-state index in [4.69, 9.17) is 11.6 Å². The van der Waals surface area contributed by atoms with Crippen LogP contribution in [0.2, 0.25) is 5.02 Å². The summed E-state index contributed by atoms with van der Waals surface area (Å²) >= 11 is 9.36. The van der Waals surface area contributed by atoms with E-state index >= 15 is 0 Å². The van der Waals surface area contributed by atoms with Gasteiger partial charge in [0.05, 0.1) is 5.02 Å². The Hall–Kier alpha value is -0.540. The van der Waals surface area contributed by atoms with Gasteiger partial charge in [0.1, 0.15) is 0 Å². The van der Waals surface area contributed by atoms with Gasteiger partial charge in [-0.2, -0.15) is 0 Å². The zero-order chi connectivity index (χ0) is 13.9. The van der Waals surface area contributed by atoms with Gasteiger partial charge in [0.25, 0.3) is 5.91 Å². The molecule has 0 spiro atoms. The number of hydrogen-bond donors (Lipinski definition) is 0. The summed E-state index contributed by atoms with van der Waals surface area (Å²) in [6.07, 6.45) is 0. The number of rotatable bonds is 4. The third-order valence-corrected chi connectivity index (χ3v) is 3.85. The second-order valence-electron chi connectivity index (χ2n) is 5.07. The van der Waals surface area contributed by atoms with Crippen LogP contribution in [0.25, 0.3) is 0 Å². The summed E-state index contributed by atoms with van der Waals surface area (Å²) in [6, 6.07) is 5.50. The first-order valence-electron chi connectivity index (χ1n) is 6.09. The van der Waals surface area contributed by atoms with E-state index in [9.17, 15) is 4.79 Å². The Bertz CT molecular complexity index is 432. The number of nitrogens with zero attached hydrogens (tertiary/aromatic N) is 1. The van der Waals surface area contributed by atoms with Crippen molar-refractivity contribution in [2.24, 2.45) is 5.92 Å². The van der Waals surface area contributed by atoms with Crippen LogP contribution in [-0.4, -0.2) is 23.4 Å². The molecule has 0 aliphatic rings. The van der Waals surface area contributed by atoms with Gasteiger partial charge in [-0.15, -0.1) is 0 Å². The fourth-order valence-electron chi connectivity index (χ4n) is 1.72. The summed E-state index contributed by atoms with van der Waals surface area (Å²) < 4.78 is 0.806. The molecule has 0 bridgehead atoms. The van der Waals surface area contributed by atoms with Crippen LogP contribution in [0.15, 0.2) is 22.7 Å². The third kappa shape index (κ3) is 3.99. The minimum atomic E-state index is 0.0353. The maximum absolute atomic E-state index is 12.4. The zero-order valence-corrected chi connectivity index (χ0v) is 13.5. The van der Waals surface area contributed by atoms with Gasteiger partial charge < -0.3 is 4.90 Å². The van der Waals surface area contributed by atoms with Gasteiger partial charge in [-0.3, -0.25) is 4.79 Å². The monoisotopic (exact) mass is 331 g/mol. The number of amides is 1. The van der Waals surface area contributed by atoms with Crippen LogP contribution in [-0.2, 0) is 0 Å². The Balaban J connectivity index is 2.98. The molecule has 4 heteroatoms. The van der Waals surface area contributed by atoms with Gasteiger partial charge >= 0.3 is 0 Å². The molecule has 1 amide bonds. The molecule has 0 fully saturated rings. The highest BCUT2D eigenvalue weighted by molar-refractivity contribution is 9.10. The number of hydrogen-bond acceptors (Lipinski definition) is 1. The van der Waals surface area contributed by atoms with Gasteiger partial charge in [0, 0.05) is 22.6 Å². The van der Waals surface area contributed by atoms with Gasteiger partial charge in [-0.05, 0) is 53.9 Å². The first kappa shape index (κ1) is 15.5. The lowest BCUT2D eigenvalue weighted by Gasteiger charge is -2.28. The highest BCUT2D eigenvalue weighted by Gasteiger charge is 2.20. The van der Waals surface area contributed by atoms with Crippen LogP contribution in [0, 0.1) is 5.92 Å². The predicted octanol–water partition coefficient (Wildman–Crippen LogP) is 4.61. The summed E-state index contributed by atoms with van der Waals surface area (Å²) in [6.45, 7) is 9.03. The molecular weight excluding hydrogens is 314 g/mol. The summed E-state index contributed by atoms with van der Waals surface area (Å²) in [5.41, 5.74) is 0.637. The average Bonchev–Trinajstić information content (AvgIpc) is 2.28. The van der Waals surface area contributed by atoms with E-state index < -0.39 is 0 Å². The molecule has 0 aliphatic heterocycles. The quantitative estimate of drug-likeness (QED) is 0.788. The van der Waals surface area contributed by atoms with Crippen molar-refractivity contribution in [2.75, 3.05) is 6.54 Å². The molecule has 1 aromatic carbocycles. The Morgan fingerprint density at radius 3 is 2.39 bits per heavy atom. The van der Waals surface area contributed by atoms with Crippen LogP contribution in [0.1, 0.15) is 38.1 Å². The van der Waals surface area contributed by atoms with Crippen molar-refractivity contribution in [1.29, 1.82) is 0 Å². The minimum absolute atomic E-state index is 0.0353. The lowest BCUT2D eigenvalue weighted by Crippen LogP contribution is -2.39. The van der Waals surface area contributed by atoms with Crippen LogP contribution in [0.4, 0.5) is 0 Å². The van der Waals surface area contributed by atoms with Crippen molar-refractivity contribution in [3.63, 3.8) is 0 Å². The number of carbonyl (C=O) groups excluding carboxylic acids is 1. The van der Waals surface area contributed by atoms with Crippen molar-refractivity contribution in [1.82, 2.24) is 4.90 Å². The average molecular weight is 333 g/mol. The molecule has 0 radical (unpaired) electrons. The molecule has 0 atom stereocenters. The molecule has 0 saturated heterocycles. The van der Waals surface area contributed by atoms with Gasteiger partial charge in [-0.25, -0.2) is 0 Å². The molecule has 0 saturated carbocycles. The number of carbonyl (C=O) groups is 1. The van der Waals surface area contributed by atoms with Crippen LogP contribution >= 0.6 is 27.5 Å². The van der Waals surface area contributed by atoms with E-state index in [2.05, 4.69) is 29.8 Å². The fraction of sp³-hybridized carbons (Fsp3) is 0.500. The van der Waals surface area contributed by atoms with Gasteiger partial charge in [0.15, 0.2) is 0 Å². The first-order valence-corrected chi connectivity index (χ1v) is 7.26. The smallest absolute Gasteiger partial charge is 0.254 e. The molecule has 100 valence electrons. The molecule has 1 rings (SSSR count). The van der Waals surface area contributed by atoms with Crippen LogP contribution < -0.4 is 0 Å². The minimum Gasteiger partial charge on any atom is -0.336 e. The molecular formula is C14H19BrClNO. The molecule has 0 aromatic heterocycles. The lowest BCUT2D eigenvalue weighted by atomic mass is 10.1. The SMILES string of the molecule is CC(C)CN(C(=O)c1ccc(Br)c(Cl)c1)C(C)C. The zero-order valence-electron chi connectivity index (χ0n) is 11.2.